The van der Waals surface area contributed by atoms with Crippen LogP contribution in [0, 0.1) is 6.92 Å². The average Bonchev–Trinajstić information content (AvgIpc) is 3.13. The van der Waals surface area contributed by atoms with Crippen LogP contribution in [-0.2, 0) is 6.54 Å². The van der Waals surface area contributed by atoms with Crippen LogP contribution in [0.3, 0.4) is 0 Å². The average molecular weight is 324 g/mol. The molecular formula is C19H20N2O3. The molecule has 1 unspecified atom stereocenters. The van der Waals surface area contributed by atoms with E-state index < -0.39 is 6.10 Å². The second kappa shape index (κ2) is 7.77. The van der Waals surface area contributed by atoms with E-state index in [0.29, 0.717) is 24.6 Å². The van der Waals surface area contributed by atoms with Crippen LogP contribution >= 0.6 is 0 Å². The van der Waals surface area contributed by atoms with Crippen molar-refractivity contribution in [3.05, 3.63) is 78.0 Å². The molecule has 0 saturated carbocycles. The number of aliphatic hydroxyl groups is 1. The van der Waals surface area contributed by atoms with E-state index >= 15 is 0 Å². The zero-order chi connectivity index (χ0) is 16.8. The van der Waals surface area contributed by atoms with Crippen LogP contribution < -0.4 is 10.1 Å². The number of hydrogen-bond acceptors (Lipinski definition) is 5. The first-order valence-electron chi connectivity index (χ1n) is 7.82. The Labute approximate surface area is 140 Å². The van der Waals surface area contributed by atoms with E-state index in [1.807, 2.05) is 31.2 Å². The van der Waals surface area contributed by atoms with Gasteiger partial charge in [-0.25, -0.2) is 0 Å². The lowest BCUT2D eigenvalue weighted by molar-refractivity contribution is 0.147. The highest BCUT2D eigenvalue weighted by molar-refractivity contribution is 5.39. The molecule has 3 rings (SSSR count). The van der Waals surface area contributed by atoms with Crippen LogP contribution in [0.1, 0.15) is 23.0 Å². The molecule has 0 aliphatic rings. The summed E-state index contributed by atoms with van der Waals surface area (Å²) in [6, 6.07) is 13.3. The van der Waals surface area contributed by atoms with Gasteiger partial charge in [0.05, 0.1) is 12.5 Å². The fraction of sp³-hybridized carbons (Fsp3) is 0.211. The Morgan fingerprint density at radius 3 is 2.88 bits per heavy atom. The second-order valence-electron chi connectivity index (χ2n) is 5.55. The molecule has 5 heteroatoms. The number of hydrogen-bond donors (Lipinski definition) is 2. The summed E-state index contributed by atoms with van der Waals surface area (Å²) < 4.78 is 11.0. The van der Waals surface area contributed by atoms with Gasteiger partial charge in [0.15, 0.2) is 0 Å². The normalized spacial score (nSPS) is 12.1. The smallest absolute Gasteiger partial charge is 0.145 e. The predicted molar refractivity (Wildman–Crippen MR) is 90.9 cm³/mol. The van der Waals surface area contributed by atoms with Gasteiger partial charge in [0.25, 0.3) is 0 Å². The Balaban J connectivity index is 1.54. The summed E-state index contributed by atoms with van der Waals surface area (Å²) in [5, 5.41) is 13.2. The number of aliphatic hydroxyl groups excluding tert-OH is 1. The molecular weight excluding hydrogens is 304 g/mol. The van der Waals surface area contributed by atoms with Crippen molar-refractivity contribution in [1.29, 1.82) is 0 Å². The van der Waals surface area contributed by atoms with Crippen LogP contribution in [0.2, 0.25) is 0 Å². The van der Waals surface area contributed by atoms with E-state index in [1.165, 1.54) is 0 Å². The van der Waals surface area contributed by atoms with Gasteiger partial charge in [0, 0.05) is 19.3 Å². The molecule has 0 spiro atoms. The minimum atomic E-state index is -0.644. The fourth-order valence-electron chi connectivity index (χ4n) is 2.41. The van der Waals surface area contributed by atoms with Gasteiger partial charge in [-0.3, -0.25) is 4.98 Å². The van der Waals surface area contributed by atoms with Gasteiger partial charge < -0.3 is 19.6 Å². The summed E-state index contributed by atoms with van der Waals surface area (Å²) in [5.74, 6) is 2.09. The zero-order valence-electron chi connectivity index (χ0n) is 13.5. The van der Waals surface area contributed by atoms with Crippen LogP contribution in [0.15, 0.2) is 65.5 Å². The largest absolute Gasteiger partial charge is 0.467 e. The van der Waals surface area contributed by atoms with Gasteiger partial charge in [0.1, 0.15) is 23.4 Å². The van der Waals surface area contributed by atoms with E-state index in [0.717, 1.165) is 16.9 Å². The Hall–Kier alpha value is -2.63. The van der Waals surface area contributed by atoms with Crippen LogP contribution in [0.4, 0.5) is 0 Å². The van der Waals surface area contributed by atoms with Gasteiger partial charge in [0.2, 0.25) is 0 Å². The highest BCUT2D eigenvalue weighted by Crippen LogP contribution is 2.25. The molecule has 24 heavy (non-hydrogen) atoms. The third-order valence-electron chi connectivity index (χ3n) is 3.64. The molecule has 0 radical (unpaired) electrons. The summed E-state index contributed by atoms with van der Waals surface area (Å²) in [4.78, 5) is 4.04. The van der Waals surface area contributed by atoms with Crippen LogP contribution in [0.5, 0.6) is 11.5 Å². The molecule has 0 bridgehead atoms. The number of aryl methyl sites for hydroxylation is 1. The standard InChI is InChI=1S/C19H20N2O3/c1-14-10-15(11-21-13-17(22)19-5-3-9-23-19)6-7-18(14)24-16-4-2-8-20-12-16/h2-10,12,17,21-22H,11,13H2,1H3. The molecule has 2 aromatic heterocycles. The molecule has 0 fully saturated rings. The van der Waals surface area contributed by atoms with Crippen molar-refractivity contribution >= 4 is 0 Å². The van der Waals surface area contributed by atoms with E-state index in [-0.39, 0.29) is 0 Å². The monoisotopic (exact) mass is 324 g/mol. The first kappa shape index (κ1) is 16.2. The molecule has 0 amide bonds. The van der Waals surface area contributed by atoms with Crippen LogP contribution in [-0.4, -0.2) is 16.6 Å². The van der Waals surface area contributed by atoms with Crippen molar-refractivity contribution in [3.63, 3.8) is 0 Å². The fourth-order valence-corrected chi connectivity index (χ4v) is 2.41. The lowest BCUT2D eigenvalue weighted by atomic mass is 10.1. The number of furan rings is 1. The molecule has 2 N–H and O–H groups in total. The van der Waals surface area contributed by atoms with Crippen molar-refractivity contribution in [2.75, 3.05) is 6.54 Å². The molecule has 2 heterocycles. The maximum atomic E-state index is 9.97. The predicted octanol–water partition coefficient (Wildman–Crippen LogP) is 3.60. The van der Waals surface area contributed by atoms with Crippen molar-refractivity contribution < 1.29 is 14.3 Å². The molecule has 0 aliphatic carbocycles. The number of benzene rings is 1. The third-order valence-corrected chi connectivity index (χ3v) is 3.64. The van der Waals surface area contributed by atoms with Gasteiger partial charge in [-0.05, 0) is 48.4 Å². The number of nitrogens with zero attached hydrogens (tertiary/aromatic N) is 1. The highest BCUT2D eigenvalue weighted by Gasteiger charge is 2.09. The second-order valence-corrected chi connectivity index (χ2v) is 5.55. The number of pyridine rings is 1. The van der Waals surface area contributed by atoms with Crippen molar-refractivity contribution in [3.8, 4) is 11.5 Å². The minimum absolute atomic E-state index is 0.431. The Morgan fingerprint density at radius 2 is 2.17 bits per heavy atom. The molecule has 0 aliphatic heterocycles. The van der Waals surface area contributed by atoms with Crippen molar-refractivity contribution in [2.45, 2.75) is 19.6 Å². The Morgan fingerprint density at radius 1 is 1.25 bits per heavy atom. The SMILES string of the molecule is Cc1cc(CNCC(O)c2ccco2)ccc1Oc1cccnc1. The molecule has 124 valence electrons. The van der Waals surface area contributed by atoms with Gasteiger partial charge in [-0.1, -0.05) is 12.1 Å². The molecule has 0 saturated heterocycles. The zero-order valence-corrected chi connectivity index (χ0v) is 13.5. The molecule has 5 nitrogen and oxygen atoms in total. The van der Waals surface area contributed by atoms with E-state index in [9.17, 15) is 5.11 Å². The summed E-state index contributed by atoms with van der Waals surface area (Å²) in [5.41, 5.74) is 2.17. The first-order chi connectivity index (χ1) is 11.7. The van der Waals surface area contributed by atoms with E-state index in [4.69, 9.17) is 9.15 Å². The summed E-state index contributed by atoms with van der Waals surface area (Å²) in [6.07, 6.45) is 4.31. The quantitative estimate of drug-likeness (QED) is 0.695. The highest BCUT2D eigenvalue weighted by atomic mass is 16.5. The number of rotatable bonds is 7. The minimum Gasteiger partial charge on any atom is -0.467 e. The maximum Gasteiger partial charge on any atom is 0.145 e. The number of ether oxygens (including phenoxy) is 1. The topological polar surface area (TPSA) is 67.5 Å². The first-order valence-corrected chi connectivity index (χ1v) is 7.82. The molecule has 1 atom stereocenters. The van der Waals surface area contributed by atoms with Crippen LogP contribution in [0.25, 0.3) is 0 Å². The lowest BCUT2D eigenvalue weighted by Crippen LogP contribution is -2.20. The summed E-state index contributed by atoms with van der Waals surface area (Å²) in [7, 11) is 0. The number of nitrogens with one attached hydrogen (secondary N) is 1. The summed E-state index contributed by atoms with van der Waals surface area (Å²) >= 11 is 0. The Bertz CT molecular complexity index is 758. The third kappa shape index (κ3) is 4.22. The van der Waals surface area contributed by atoms with Gasteiger partial charge in [-0.15, -0.1) is 0 Å². The maximum absolute atomic E-state index is 9.97. The molecule has 1 aromatic carbocycles. The van der Waals surface area contributed by atoms with E-state index in [2.05, 4.69) is 16.4 Å². The number of aromatic nitrogens is 1. The van der Waals surface area contributed by atoms with Gasteiger partial charge >= 0.3 is 0 Å². The van der Waals surface area contributed by atoms with E-state index in [1.54, 1.807) is 30.8 Å². The Kier molecular flexibility index (Phi) is 5.25. The molecule has 3 aromatic rings. The summed E-state index contributed by atoms with van der Waals surface area (Å²) in [6.45, 7) is 3.10. The van der Waals surface area contributed by atoms with Crippen molar-refractivity contribution in [2.24, 2.45) is 0 Å². The lowest BCUT2D eigenvalue weighted by Gasteiger charge is -2.12. The van der Waals surface area contributed by atoms with Crippen molar-refractivity contribution in [1.82, 2.24) is 10.3 Å². The van der Waals surface area contributed by atoms with Gasteiger partial charge in [-0.2, -0.15) is 0 Å².